The molecule has 0 aromatic heterocycles. The molecule has 0 saturated heterocycles. The van der Waals surface area contributed by atoms with Crippen molar-refractivity contribution in [2.45, 2.75) is 0 Å². The molecule has 0 unspecified atom stereocenters. The van der Waals surface area contributed by atoms with E-state index >= 15 is 0 Å². The molecule has 0 heterocycles. The highest BCUT2D eigenvalue weighted by atomic mass is 32.1. The van der Waals surface area contributed by atoms with Crippen molar-refractivity contribution in [1.29, 1.82) is 0 Å². The number of hydrogen-bond acceptors (Lipinski definition) is 8. The van der Waals surface area contributed by atoms with Crippen LogP contribution in [-0.4, -0.2) is 35.4 Å². The lowest BCUT2D eigenvalue weighted by molar-refractivity contribution is -0.157. The van der Waals surface area contributed by atoms with Crippen molar-refractivity contribution in [3.63, 3.8) is 0 Å². The van der Waals surface area contributed by atoms with Gasteiger partial charge in [0, 0.05) is 12.2 Å². The van der Waals surface area contributed by atoms with Gasteiger partial charge >= 0.3 is 23.9 Å². The number of carbonyl (C=O) groups excluding carboxylic acids is 4. The van der Waals surface area contributed by atoms with Gasteiger partial charge < -0.3 is 9.47 Å². The van der Waals surface area contributed by atoms with Crippen molar-refractivity contribution in [1.82, 2.24) is 0 Å². The van der Waals surface area contributed by atoms with Crippen molar-refractivity contribution in [2.75, 3.05) is 11.5 Å². The molecule has 0 radical (unpaired) electrons. The fraction of sp³-hybridized carbons (Fsp3) is 0.250. The smallest absolute Gasteiger partial charge is 0.338 e. The first kappa shape index (κ1) is 14.7. The summed E-state index contributed by atoms with van der Waals surface area (Å²) in [6.45, 7) is 0. The molecular formula is C8H8O6S2. The third-order valence-corrected chi connectivity index (χ3v) is 1.56. The maximum absolute atomic E-state index is 10.8. The lowest BCUT2D eigenvalue weighted by atomic mass is 10.5. The summed E-state index contributed by atoms with van der Waals surface area (Å²) in [5, 5.41) is 0. The van der Waals surface area contributed by atoms with E-state index in [4.69, 9.17) is 0 Å². The number of ether oxygens (including phenoxy) is 2. The zero-order chi connectivity index (χ0) is 12.6. The van der Waals surface area contributed by atoms with Crippen LogP contribution in [-0.2, 0) is 28.7 Å². The van der Waals surface area contributed by atoms with Crippen molar-refractivity contribution in [2.24, 2.45) is 0 Å². The predicted octanol–water partition coefficient (Wildman–Crippen LogP) is -0.458. The van der Waals surface area contributed by atoms with E-state index in [2.05, 4.69) is 34.7 Å². The molecule has 0 aromatic rings. The second kappa shape index (κ2) is 7.94. The van der Waals surface area contributed by atoms with Gasteiger partial charge in [0.05, 0.1) is 11.5 Å². The van der Waals surface area contributed by atoms with Gasteiger partial charge in [-0.3, -0.25) is 9.59 Å². The van der Waals surface area contributed by atoms with Crippen LogP contribution in [0.3, 0.4) is 0 Å². The SMILES string of the molecule is O=C(/C=C\C(=O)OC(=O)CS)OC(=O)CS. The van der Waals surface area contributed by atoms with E-state index in [0.717, 1.165) is 0 Å². The minimum Gasteiger partial charge on any atom is -0.389 e. The third kappa shape index (κ3) is 7.07. The summed E-state index contributed by atoms with van der Waals surface area (Å²) in [5.41, 5.74) is 0. The van der Waals surface area contributed by atoms with Crippen LogP contribution in [0.1, 0.15) is 0 Å². The van der Waals surface area contributed by atoms with Gasteiger partial charge in [-0.1, -0.05) is 0 Å². The Hall–Kier alpha value is -1.28. The summed E-state index contributed by atoms with van der Waals surface area (Å²) < 4.78 is 8.26. The Morgan fingerprint density at radius 1 is 0.812 bits per heavy atom. The molecule has 0 bridgehead atoms. The van der Waals surface area contributed by atoms with Gasteiger partial charge in [0.2, 0.25) is 0 Å². The lowest BCUT2D eigenvalue weighted by Crippen LogP contribution is -2.13. The molecular weight excluding hydrogens is 256 g/mol. The fourth-order valence-corrected chi connectivity index (χ4v) is 0.622. The molecule has 0 saturated carbocycles. The molecule has 0 amide bonds. The molecule has 16 heavy (non-hydrogen) atoms. The zero-order valence-corrected chi connectivity index (χ0v) is 9.70. The highest BCUT2D eigenvalue weighted by Crippen LogP contribution is 1.89. The minimum atomic E-state index is -1.05. The van der Waals surface area contributed by atoms with Gasteiger partial charge in [-0.05, 0) is 0 Å². The summed E-state index contributed by atoms with van der Waals surface area (Å²) >= 11 is 7.12. The zero-order valence-electron chi connectivity index (χ0n) is 7.91. The quantitative estimate of drug-likeness (QED) is 0.309. The molecule has 0 rings (SSSR count). The minimum absolute atomic E-state index is 0.262. The number of thiol groups is 2. The molecule has 0 aliphatic rings. The Kier molecular flexibility index (Phi) is 7.31. The number of rotatable bonds is 4. The maximum atomic E-state index is 10.8. The normalized spacial score (nSPS) is 9.88. The van der Waals surface area contributed by atoms with E-state index < -0.39 is 23.9 Å². The molecule has 6 nitrogen and oxygen atoms in total. The number of hydrogen-bond donors (Lipinski definition) is 2. The van der Waals surface area contributed by atoms with E-state index in [1.165, 1.54) is 0 Å². The van der Waals surface area contributed by atoms with Crippen molar-refractivity contribution < 1.29 is 28.7 Å². The first-order valence-corrected chi connectivity index (χ1v) is 5.15. The van der Waals surface area contributed by atoms with Crippen LogP contribution in [0.15, 0.2) is 12.2 Å². The second-order valence-corrected chi connectivity index (χ2v) is 2.87. The monoisotopic (exact) mass is 264 g/mol. The van der Waals surface area contributed by atoms with Crippen LogP contribution >= 0.6 is 25.3 Å². The van der Waals surface area contributed by atoms with E-state index in [1.54, 1.807) is 0 Å². The molecule has 0 spiro atoms. The maximum Gasteiger partial charge on any atom is 0.338 e. The lowest BCUT2D eigenvalue weighted by Gasteiger charge is -1.96. The van der Waals surface area contributed by atoms with Crippen LogP contribution in [0.5, 0.6) is 0 Å². The molecule has 0 fully saturated rings. The largest absolute Gasteiger partial charge is 0.389 e. The predicted molar refractivity (Wildman–Crippen MR) is 59.0 cm³/mol. The molecule has 0 aliphatic carbocycles. The summed E-state index contributed by atoms with van der Waals surface area (Å²) in [5.74, 6) is -4.32. The van der Waals surface area contributed by atoms with Gasteiger partial charge in [-0.15, -0.1) is 0 Å². The molecule has 0 atom stereocenters. The fourth-order valence-electron chi connectivity index (χ4n) is 0.493. The van der Waals surface area contributed by atoms with Crippen LogP contribution in [0.25, 0.3) is 0 Å². The summed E-state index contributed by atoms with van der Waals surface area (Å²) in [6, 6.07) is 0. The van der Waals surface area contributed by atoms with Crippen molar-refractivity contribution in [3.8, 4) is 0 Å². The average molecular weight is 264 g/mol. The van der Waals surface area contributed by atoms with Crippen LogP contribution < -0.4 is 0 Å². The molecule has 0 aromatic carbocycles. The first-order valence-electron chi connectivity index (χ1n) is 3.88. The van der Waals surface area contributed by atoms with Crippen LogP contribution in [0.4, 0.5) is 0 Å². The molecule has 0 N–H and O–H groups in total. The first-order chi connectivity index (χ1) is 7.49. The van der Waals surface area contributed by atoms with Crippen molar-refractivity contribution >= 4 is 49.1 Å². The summed E-state index contributed by atoms with van der Waals surface area (Å²) in [4.78, 5) is 42.7. The van der Waals surface area contributed by atoms with Gasteiger partial charge in [0.15, 0.2) is 0 Å². The van der Waals surface area contributed by atoms with Crippen LogP contribution in [0.2, 0.25) is 0 Å². The van der Waals surface area contributed by atoms with E-state index in [9.17, 15) is 19.2 Å². The summed E-state index contributed by atoms with van der Waals surface area (Å²) in [7, 11) is 0. The Bertz CT molecular complexity index is 303. The van der Waals surface area contributed by atoms with Gasteiger partial charge in [-0.2, -0.15) is 25.3 Å². The molecule has 0 aliphatic heterocycles. The standard InChI is InChI=1S/C8H8O6S2/c9-5(13-7(11)3-15)1-2-6(10)14-8(12)4-16/h1-2,15-16H,3-4H2/b2-1-. The van der Waals surface area contributed by atoms with E-state index in [0.29, 0.717) is 12.2 Å². The Labute approximate surface area is 102 Å². The highest BCUT2D eigenvalue weighted by molar-refractivity contribution is 7.81. The molecule has 8 heteroatoms. The van der Waals surface area contributed by atoms with Gasteiger partial charge in [0.25, 0.3) is 0 Å². The average Bonchev–Trinajstić information content (AvgIpc) is 2.26. The van der Waals surface area contributed by atoms with E-state index in [1.807, 2.05) is 0 Å². The molecule has 88 valence electrons. The second-order valence-electron chi connectivity index (χ2n) is 2.24. The van der Waals surface area contributed by atoms with Crippen molar-refractivity contribution in [3.05, 3.63) is 12.2 Å². The topological polar surface area (TPSA) is 86.7 Å². The van der Waals surface area contributed by atoms with Gasteiger partial charge in [-0.25, -0.2) is 9.59 Å². The van der Waals surface area contributed by atoms with E-state index in [-0.39, 0.29) is 11.5 Å². The number of esters is 4. The number of carbonyl (C=O) groups is 4. The highest BCUT2D eigenvalue weighted by Gasteiger charge is 2.08. The van der Waals surface area contributed by atoms with Gasteiger partial charge in [0.1, 0.15) is 0 Å². The Morgan fingerprint density at radius 2 is 1.12 bits per heavy atom. The summed E-state index contributed by atoms with van der Waals surface area (Å²) in [6.07, 6.45) is 1.32. The Morgan fingerprint density at radius 3 is 1.38 bits per heavy atom. The van der Waals surface area contributed by atoms with Crippen LogP contribution in [0, 0.1) is 0 Å². The Balaban J connectivity index is 4.08. The third-order valence-electron chi connectivity index (χ3n) is 1.04.